The van der Waals surface area contributed by atoms with Crippen molar-refractivity contribution in [3.8, 4) is 0 Å². The Morgan fingerprint density at radius 2 is 1.89 bits per heavy atom. The molecule has 0 spiro atoms. The maximum Gasteiger partial charge on any atom is 0.144 e. The van der Waals surface area contributed by atoms with Gasteiger partial charge in [0.2, 0.25) is 0 Å². The smallest absolute Gasteiger partial charge is 0.144 e. The third-order valence-corrected chi connectivity index (χ3v) is 4.00. The van der Waals surface area contributed by atoms with Crippen LogP contribution in [0.3, 0.4) is 0 Å². The minimum atomic E-state index is 0.699. The minimum absolute atomic E-state index is 0.699. The van der Waals surface area contributed by atoms with Crippen LogP contribution in [-0.4, -0.2) is 35.0 Å². The topological polar surface area (TPSA) is 41.1 Å². The predicted molar refractivity (Wildman–Crippen MR) is 79.3 cm³/mol. The van der Waals surface area contributed by atoms with Gasteiger partial charge < -0.3 is 5.32 Å². The first-order valence-corrected chi connectivity index (χ1v) is 7.41. The molecule has 4 nitrogen and oxygen atoms in total. The van der Waals surface area contributed by atoms with Crippen molar-refractivity contribution in [3.05, 3.63) is 17.6 Å². The molecule has 0 atom stereocenters. The molecule has 1 heterocycles. The second-order valence-corrected chi connectivity index (χ2v) is 5.62. The van der Waals surface area contributed by atoms with Crippen molar-refractivity contribution in [1.29, 1.82) is 0 Å². The fraction of sp³-hybridized carbons (Fsp3) is 0.733. The number of anilines is 1. The maximum absolute atomic E-state index is 4.55. The highest BCUT2D eigenvalue weighted by molar-refractivity contribution is 5.34. The monoisotopic (exact) mass is 262 g/mol. The molecule has 4 heteroatoms. The van der Waals surface area contributed by atoms with Crippen LogP contribution in [0.5, 0.6) is 0 Å². The SMILES string of the molecule is CNc1cc(C)nc(CN(C)C2CCCCCC2)n1. The number of nitrogens with zero attached hydrogens (tertiary/aromatic N) is 3. The van der Waals surface area contributed by atoms with Crippen molar-refractivity contribution in [1.82, 2.24) is 14.9 Å². The highest BCUT2D eigenvalue weighted by Gasteiger charge is 2.18. The van der Waals surface area contributed by atoms with Gasteiger partial charge in [0.15, 0.2) is 0 Å². The number of nitrogens with one attached hydrogen (secondary N) is 1. The van der Waals surface area contributed by atoms with Crippen LogP contribution in [0.1, 0.15) is 50.0 Å². The molecular formula is C15H26N4. The highest BCUT2D eigenvalue weighted by Crippen LogP contribution is 2.22. The molecule has 1 aliphatic rings. The molecule has 1 fully saturated rings. The lowest BCUT2D eigenvalue weighted by molar-refractivity contribution is 0.208. The van der Waals surface area contributed by atoms with Gasteiger partial charge in [0.05, 0.1) is 6.54 Å². The predicted octanol–water partition coefficient (Wildman–Crippen LogP) is 2.98. The standard InChI is InChI=1S/C15H26N4/c1-12-10-14(16-2)18-15(17-12)11-19(3)13-8-6-4-5-7-9-13/h10,13H,4-9,11H2,1-3H3,(H,16,17,18). The lowest BCUT2D eigenvalue weighted by Crippen LogP contribution is -2.31. The summed E-state index contributed by atoms with van der Waals surface area (Å²) < 4.78 is 0. The van der Waals surface area contributed by atoms with Gasteiger partial charge in [-0.3, -0.25) is 4.90 Å². The average Bonchev–Trinajstić information content (AvgIpc) is 2.66. The van der Waals surface area contributed by atoms with Crippen LogP contribution < -0.4 is 5.32 Å². The van der Waals surface area contributed by atoms with Crippen LogP contribution in [0.25, 0.3) is 0 Å². The van der Waals surface area contributed by atoms with E-state index in [0.29, 0.717) is 6.04 Å². The summed E-state index contributed by atoms with van der Waals surface area (Å²) in [5.41, 5.74) is 1.03. The summed E-state index contributed by atoms with van der Waals surface area (Å²) in [6, 6.07) is 2.68. The van der Waals surface area contributed by atoms with E-state index < -0.39 is 0 Å². The Balaban J connectivity index is 2.00. The summed E-state index contributed by atoms with van der Waals surface area (Å²) in [5.74, 6) is 1.84. The van der Waals surface area contributed by atoms with Crippen LogP contribution in [0.15, 0.2) is 6.07 Å². The Hall–Kier alpha value is -1.16. The fourth-order valence-electron chi connectivity index (χ4n) is 2.88. The molecule has 0 bridgehead atoms. The second-order valence-electron chi connectivity index (χ2n) is 5.62. The van der Waals surface area contributed by atoms with Gasteiger partial charge >= 0.3 is 0 Å². The van der Waals surface area contributed by atoms with Crippen LogP contribution in [0.2, 0.25) is 0 Å². The molecule has 0 aliphatic heterocycles. The van der Waals surface area contributed by atoms with Crippen molar-refractivity contribution in [3.63, 3.8) is 0 Å². The van der Waals surface area contributed by atoms with Crippen molar-refractivity contribution in [2.24, 2.45) is 0 Å². The van der Waals surface area contributed by atoms with Gasteiger partial charge in [0.1, 0.15) is 11.6 Å². The van der Waals surface area contributed by atoms with E-state index in [0.717, 1.165) is 23.9 Å². The van der Waals surface area contributed by atoms with Gasteiger partial charge in [-0.2, -0.15) is 0 Å². The third-order valence-electron chi connectivity index (χ3n) is 4.00. The van der Waals surface area contributed by atoms with Crippen LogP contribution in [0.4, 0.5) is 5.82 Å². The molecule has 1 saturated carbocycles. The molecule has 1 aliphatic carbocycles. The molecule has 106 valence electrons. The first-order chi connectivity index (χ1) is 9.19. The number of aromatic nitrogens is 2. The van der Waals surface area contributed by atoms with Crippen molar-refractivity contribution in [2.75, 3.05) is 19.4 Å². The zero-order chi connectivity index (χ0) is 13.7. The molecule has 0 aromatic carbocycles. The lowest BCUT2D eigenvalue weighted by Gasteiger charge is -2.26. The zero-order valence-electron chi connectivity index (χ0n) is 12.4. The largest absolute Gasteiger partial charge is 0.373 e. The Kier molecular flexibility index (Phi) is 5.14. The molecule has 0 radical (unpaired) electrons. The Bertz CT molecular complexity index is 397. The Morgan fingerprint density at radius 3 is 2.53 bits per heavy atom. The van der Waals surface area contributed by atoms with E-state index in [-0.39, 0.29) is 0 Å². The van der Waals surface area contributed by atoms with E-state index in [2.05, 4.69) is 27.2 Å². The first-order valence-electron chi connectivity index (χ1n) is 7.41. The van der Waals surface area contributed by atoms with E-state index in [4.69, 9.17) is 0 Å². The van der Waals surface area contributed by atoms with E-state index >= 15 is 0 Å². The molecule has 1 N–H and O–H groups in total. The van der Waals surface area contributed by atoms with Crippen LogP contribution in [-0.2, 0) is 6.54 Å². The summed E-state index contributed by atoms with van der Waals surface area (Å²) in [4.78, 5) is 11.5. The molecule has 1 aromatic rings. The van der Waals surface area contributed by atoms with Crippen molar-refractivity contribution in [2.45, 2.75) is 58.0 Å². The number of rotatable bonds is 4. The fourth-order valence-corrected chi connectivity index (χ4v) is 2.88. The van der Waals surface area contributed by atoms with Gasteiger partial charge in [0.25, 0.3) is 0 Å². The molecule has 0 unspecified atom stereocenters. The normalized spacial score (nSPS) is 17.5. The molecule has 0 amide bonds. The van der Waals surface area contributed by atoms with E-state index in [1.54, 1.807) is 0 Å². The van der Waals surface area contributed by atoms with Crippen molar-refractivity contribution < 1.29 is 0 Å². The van der Waals surface area contributed by atoms with Crippen LogP contribution in [0, 0.1) is 6.92 Å². The quantitative estimate of drug-likeness (QED) is 0.847. The minimum Gasteiger partial charge on any atom is -0.373 e. The molecule has 0 saturated heterocycles. The number of hydrogen-bond donors (Lipinski definition) is 1. The first kappa shape index (κ1) is 14.3. The summed E-state index contributed by atoms with van der Waals surface area (Å²) in [7, 11) is 4.11. The Labute approximate surface area is 116 Å². The lowest BCUT2D eigenvalue weighted by atomic mass is 10.1. The van der Waals surface area contributed by atoms with Crippen molar-refractivity contribution >= 4 is 5.82 Å². The Morgan fingerprint density at radius 1 is 1.21 bits per heavy atom. The van der Waals surface area contributed by atoms with Gasteiger partial charge in [-0.1, -0.05) is 25.7 Å². The van der Waals surface area contributed by atoms with Gasteiger partial charge in [-0.25, -0.2) is 9.97 Å². The zero-order valence-corrected chi connectivity index (χ0v) is 12.4. The van der Waals surface area contributed by atoms with Gasteiger partial charge in [0, 0.05) is 24.8 Å². The molecule has 1 aromatic heterocycles. The highest BCUT2D eigenvalue weighted by atomic mass is 15.2. The van der Waals surface area contributed by atoms with E-state index in [1.807, 2.05) is 20.0 Å². The summed E-state index contributed by atoms with van der Waals surface area (Å²) in [6.07, 6.45) is 8.17. The van der Waals surface area contributed by atoms with E-state index in [9.17, 15) is 0 Å². The number of hydrogen-bond acceptors (Lipinski definition) is 4. The summed E-state index contributed by atoms with van der Waals surface area (Å²) >= 11 is 0. The van der Waals surface area contributed by atoms with Gasteiger partial charge in [-0.15, -0.1) is 0 Å². The second kappa shape index (κ2) is 6.85. The molecular weight excluding hydrogens is 236 g/mol. The summed E-state index contributed by atoms with van der Waals surface area (Å²) in [5, 5.41) is 3.10. The van der Waals surface area contributed by atoms with E-state index in [1.165, 1.54) is 38.5 Å². The number of aryl methyl sites for hydroxylation is 1. The third kappa shape index (κ3) is 4.16. The molecule has 19 heavy (non-hydrogen) atoms. The molecule has 2 rings (SSSR count). The summed E-state index contributed by atoms with van der Waals surface area (Å²) in [6.45, 7) is 2.87. The maximum atomic E-state index is 4.55. The van der Waals surface area contributed by atoms with Crippen LogP contribution >= 0.6 is 0 Å². The van der Waals surface area contributed by atoms with Gasteiger partial charge in [-0.05, 0) is 26.8 Å². The average molecular weight is 262 g/mol.